The predicted molar refractivity (Wildman–Crippen MR) is 76.5 cm³/mol. The van der Waals surface area contributed by atoms with Gasteiger partial charge in [0, 0.05) is 36.7 Å². The van der Waals surface area contributed by atoms with Crippen LogP contribution in [0.25, 0.3) is 0 Å². The molecule has 1 aromatic rings. The fourth-order valence-corrected chi connectivity index (χ4v) is 2.84. The summed E-state index contributed by atoms with van der Waals surface area (Å²) in [5, 5.41) is 7.96. The molecule has 3 rings (SSSR count). The molecule has 0 radical (unpaired) electrons. The first kappa shape index (κ1) is 12.5. The average molecular weight is 259 g/mol. The van der Waals surface area contributed by atoms with E-state index in [0.717, 1.165) is 38.3 Å². The molecule has 2 atom stereocenters. The molecule has 102 valence electrons. The molecule has 4 nitrogen and oxygen atoms in total. The van der Waals surface area contributed by atoms with Gasteiger partial charge in [0.1, 0.15) is 5.75 Å². The lowest BCUT2D eigenvalue weighted by molar-refractivity contribution is 0.307. The van der Waals surface area contributed by atoms with Crippen LogP contribution in [0.3, 0.4) is 0 Å². The zero-order valence-corrected chi connectivity index (χ0v) is 11.4. The van der Waals surface area contributed by atoms with Gasteiger partial charge in [0.25, 0.3) is 0 Å². The third kappa shape index (κ3) is 2.45. The molecule has 2 unspecified atom stereocenters. The van der Waals surface area contributed by atoms with Crippen molar-refractivity contribution in [2.75, 3.05) is 19.7 Å². The Hall–Kier alpha value is -1.55. The number of nitrogens with zero attached hydrogens (tertiary/aromatic N) is 1. The molecule has 0 aromatic heterocycles. The van der Waals surface area contributed by atoms with Gasteiger partial charge in [0.2, 0.25) is 0 Å². The number of rotatable bonds is 4. The number of nitrogens with one attached hydrogen (secondary N) is 2. The summed E-state index contributed by atoms with van der Waals surface area (Å²) in [7, 11) is 0. The first-order chi connectivity index (χ1) is 9.40. The van der Waals surface area contributed by atoms with E-state index in [4.69, 9.17) is 4.74 Å². The molecule has 0 bridgehead atoms. The van der Waals surface area contributed by atoms with Crippen LogP contribution in [0.1, 0.15) is 31.4 Å². The van der Waals surface area contributed by atoms with E-state index >= 15 is 0 Å². The normalized spacial score (nSPS) is 25.4. The van der Waals surface area contributed by atoms with E-state index in [9.17, 15) is 0 Å². The van der Waals surface area contributed by atoms with Crippen LogP contribution in [0, 0.1) is 5.92 Å². The standard InChI is InChI=1S/C15H21N3O/c1-2-9-19-14-6-4-3-5-11(14)15-12-10-16-8-7-13(12)17-18-15/h3-6,12,15-16,18H,2,7-10H2,1H3. The highest BCUT2D eigenvalue weighted by Gasteiger charge is 2.35. The number of ether oxygens (including phenoxy) is 1. The maximum absolute atomic E-state index is 5.87. The van der Waals surface area contributed by atoms with Gasteiger partial charge in [-0.25, -0.2) is 0 Å². The molecule has 4 heteroatoms. The number of hydrazone groups is 1. The predicted octanol–water partition coefficient (Wildman–Crippen LogP) is 2.09. The largest absolute Gasteiger partial charge is 0.493 e. The molecule has 2 aliphatic rings. The van der Waals surface area contributed by atoms with E-state index in [0.29, 0.717) is 5.92 Å². The van der Waals surface area contributed by atoms with Gasteiger partial charge in [-0.1, -0.05) is 25.1 Å². The summed E-state index contributed by atoms with van der Waals surface area (Å²) >= 11 is 0. The summed E-state index contributed by atoms with van der Waals surface area (Å²) in [5.41, 5.74) is 5.83. The third-order valence-corrected chi connectivity index (χ3v) is 3.82. The first-order valence-corrected chi connectivity index (χ1v) is 7.14. The van der Waals surface area contributed by atoms with Crippen LogP contribution < -0.4 is 15.5 Å². The number of benzene rings is 1. The number of hydrogen-bond donors (Lipinski definition) is 2. The fourth-order valence-electron chi connectivity index (χ4n) is 2.84. The van der Waals surface area contributed by atoms with E-state index in [-0.39, 0.29) is 6.04 Å². The zero-order valence-electron chi connectivity index (χ0n) is 11.4. The molecule has 2 heterocycles. The minimum atomic E-state index is 0.246. The SMILES string of the molecule is CCCOc1ccccc1C1NN=C2CCNCC21. The summed E-state index contributed by atoms with van der Waals surface area (Å²) in [6, 6.07) is 8.56. The van der Waals surface area contributed by atoms with E-state index in [1.807, 2.05) is 6.07 Å². The lowest BCUT2D eigenvalue weighted by Gasteiger charge is -2.26. The van der Waals surface area contributed by atoms with Crippen LogP contribution in [-0.4, -0.2) is 25.4 Å². The van der Waals surface area contributed by atoms with Crippen LogP contribution in [0.2, 0.25) is 0 Å². The van der Waals surface area contributed by atoms with Crippen LogP contribution in [0.5, 0.6) is 5.75 Å². The molecular weight excluding hydrogens is 238 g/mol. The Bertz CT molecular complexity index is 472. The van der Waals surface area contributed by atoms with Crippen molar-refractivity contribution in [1.82, 2.24) is 10.7 Å². The van der Waals surface area contributed by atoms with Gasteiger partial charge in [0.05, 0.1) is 12.6 Å². The van der Waals surface area contributed by atoms with Crippen LogP contribution in [-0.2, 0) is 0 Å². The van der Waals surface area contributed by atoms with Crippen molar-refractivity contribution in [2.45, 2.75) is 25.8 Å². The molecule has 1 fully saturated rings. The number of hydrogen-bond acceptors (Lipinski definition) is 4. The third-order valence-electron chi connectivity index (χ3n) is 3.82. The Kier molecular flexibility index (Phi) is 3.69. The Labute approximate surface area is 114 Å². The highest BCUT2D eigenvalue weighted by atomic mass is 16.5. The van der Waals surface area contributed by atoms with Gasteiger partial charge in [0.15, 0.2) is 0 Å². The highest BCUT2D eigenvalue weighted by Crippen LogP contribution is 2.35. The smallest absolute Gasteiger partial charge is 0.124 e. The molecule has 19 heavy (non-hydrogen) atoms. The molecule has 0 saturated carbocycles. The first-order valence-electron chi connectivity index (χ1n) is 7.14. The van der Waals surface area contributed by atoms with Crippen molar-refractivity contribution < 1.29 is 4.74 Å². The van der Waals surface area contributed by atoms with Gasteiger partial charge in [-0.15, -0.1) is 0 Å². The van der Waals surface area contributed by atoms with Gasteiger partial charge in [-0.3, -0.25) is 0 Å². The second-order valence-corrected chi connectivity index (χ2v) is 5.16. The monoisotopic (exact) mass is 259 g/mol. The van der Waals surface area contributed by atoms with E-state index in [1.54, 1.807) is 0 Å². The quantitative estimate of drug-likeness (QED) is 0.870. The minimum absolute atomic E-state index is 0.246. The van der Waals surface area contributed by atoms with Crippen LogP contribution >= 0.6 is 0 Å². The molecular formula is C15H21N3O. The van der Waals surface area contributed by atoms with Gasteiger partial charge < -0.3 is 15.5 Å². The molecule has 0 amide bonds. The van der Waals surface area contributed by atoms with Crippen molar-refractivity contribution in [3.8, 4) is 5.75 Å². The van der Waals surface area contributed by atoms with Gasteiger partial charge in [-0.2, -0.15) is 5.10 Å². The number of para-hydroxylation sites is 1. The lowest BCUT2D eigenvalue weighted by atomic mass is 9.87. The summed E-state index contributed by atoms with van der Waals surface area (Å²) in [6.45, 7) is 4.93. The van der Waals surface area contributed by atoms with Crippen molar-refractivity contribution in [1.29, 1.82) is 0 Å². The van der Waals surface area contributed by atoms with E-state index < -0.39 is 0 Å². The van der Waals surface area contributed by atoms with Crippen LogP contribution in [0.4, 0.5) is 0 Å². The van der Waals surface area contributed by atoms with Crippen molar-refractivity contribution in [3.63, 3.8) is 0 Å². The van der Waals surface area contributed by atoms with E-state index in [2.05, 4.69) is 41.0 Å². The van der Waals surface area contributed by atoms with E-state index in [1.165, 1.54) is 11.3 Å². The highest BCUT2D eigenvalue weighted by molar-refractivity contribution is 5.90. The van der Waals surface area contributed by atoms with Crippen molar-refractivity contribution in [3.05, 3.63) is 29.8 Å². The average Bonchev–Trinajstić information content (AvgIpc) is 2.89. The maximum atomic E-state index is 5.87. The van der Waals surface area contributed by atoms with Gasteiger partial charge >= 0.3 is 0 Å². The molecule has 2 N–H and O–H groups in total. The molecule has 0 aliphatic carbocycles. The Morgan fingerprint density at radius 1 is 1.37 bits per heavy atom. The zero-order chi connectivity index (χ0) is 13.1. The minimum Gasteiger partial charge on any atom is -0.493 e. The summed E-state index contributed by atoms with van der Waals surface area (Å²) < 4.78 is 5.87. The Morgan fingerprint density at radius 2 is 2.26 bits per heavy atom. The Morgan fingerprint density at radius 3 is 3.16 bits per heavy atom. The summed E-state index contributed by atoms with van der Waals surface area (Å²) in [6.07, 6.45) is 2.07. The second-order valence-electron chi connectivity index (χ2n) is 5.16. The summed E-state index contributed by atoms with van der Waals surface area (Å²) in [5.74, 6) is 1.45. The number of fused-ring (bicyclic) bond motifs is 1. The number of piperidine rings is 1. The maximum Gasteiger partial charge on any atom is 0.124 e. The summed E-state index contributed by atoms with van der Waals surface area (Å²) in [4.78, 5) is 0. The van der Waals surface area contributed by atoms with Crippen molar-refractivity contribution in [2.24, 2.45) is 11.0 Å². The van der Waals surface area contributed by atoms with Crippen LogP contribution in [0.15, 0.2) is 29.4 Å². The lowest BCUT2D eigenvalue weighted by Crippen LogP contribution is -2.38. The molecule has 0 spiro atoms. The topological polar surface area (TPSA) is 45.6 Å². The van der Waals surface area contributed by atoms with Crippen molar-refractivity contribution >= 4 is 5.71 Å². The molecule has 1 aromatic carbocycles. The molecule has 1 saturated heterocycles. The molecule has 2 aliphatic heterocycles. The fraction of sp³-hybridized carbons (Fsp3) is 0.533. The van der Waals surface area contributed by atoms with Gasteiger partial charge in [-0.05, 0) is 12.5 Å². The Balaban J connectivity index is 1.82. The second kappa shape index (κ2) is 5.61.